The summed E-state index contributed by atoms with van der Waals surface area (Å²) in [7, 11) is 0. The second kappa shape index (κ2) is 8.93. The highest BCUT2D eigenvalue weighted by Crippen LogP contribution is 2.21. The van der Waals surface area contributed by atoms with Crippen LogP contribution in [0.1, 0.15) is 23.6 Å². The Morgan fingerprint density at radius 2 is 1.89 bits per heavy atom. The van der Waals surface area contributed by atoms with Crippen LogP contribution < -0.4 is 21.0 Å². The summed E-state index contributed by atoms with van der Waals surface area (Å²) in [6.45, 7) is -0.449. The number of para-hydroxylation sites is 1. The van der Waals surface area contributed by atoms with Crippen molar-refractivity contribution in [2.45, 2.75) is 18.5 Å². The molecular formula is C19H20N4O4. The number of carbonyl (C=O) groups excluding carboxylic acids is 1. The summed E-state index contributed by atoms with van der Waals surface area (Å²) in [6, 6.07) is 16.4. The Hall–Kier alpha value is -3.23. The molecule has 1 aliphatic rings. The quantitative estimate of drug-likeness (QED) is 0.432. The fourth-order valence-electron chi connectivity index (χ4n) is 2.73. The Labute approximate surface area is 156 Å². The monoisotopic (exact) mass is 368 g/mol. The molecule has 0 radical (unpaired) electrons. The third kappa shape index (κ3) is 5.13. The lowest BCUT2D eigenvalue weighted by atomic mass is 10.0. The van der Waals surface area contributed by atoms with Gasteiger partial charge >= 0.3 is 5.97 Å². The SMILES string of the molecule is O=C(O)COc1ccccc1/C=N/NC(=O)C1CC(c2ccccc2)NN1. The number of carbonyl (C=O) groups is 2. The van der Waals surface area contributed by atoms with Crippen LogP contribution in [-0.2, 0) is 9.59 Å². The number of carboxylic acid groups (broad SMARTS) is 1. The molecule has 2 atom stereocenters. The Balaban J connectivity index is 1.54. The molecule has 2 aromatic carbocycles. The van der Waals surface area contributed by atoms with Crippen molar-refractivity contribution in [1.82, 2.24) is 16.3 Å². The number of nitrogens with zero attached hydrogens (tertiary/aromatic N) is 1. The zero-order valence-corrected chi connectivity index (χ0v) is 14.5. The van der Waals surface area contributed by atoms with E-state index in [4.69, 9.17) is 9.84 Å². The van der Waals surface area contributed by atoms with Gasteiger partial charge in [0.05, 0.1) is 6.21 Å². The highest BCUT2D eigenvalue weighted by atomic mass is 16.5. The van der Waals surface area contributed by atoms with Gasteiger partial charge in [-0.05, 0) is 24.1 Å². The fourth-order valence-corrected chi connectivity index (χ4v) is 2.73. The van der Waals surface area contributed by atoms with Crippen LogP contribution in [0.15, 0.2) is 59.7 Å². The number of amides is 1. The third-order valence-electron chi connectivity index (χ3n) is 4.07. The lowest BCUT2D eigenvalue weighted by Gasteiger charge is -2.09. The molecule has 8 nitrogen and oxygen atoms in total. The van der Waals surface area contributed by atoms with Crippen LogP contribution in [0.4, 0.5) is 0 Å². The Kier molecular flexibility index (Phi) is 6.14. The molecule has 27 heavy (non-hydrogen) atoms. The first-order chi connectivity index (χ1) is 13.1. The number of hydrazine groups is 1. The van der Waals surface area contributed by atoms with Gasteiger partial charge in [0.25, 0.3) is 5.91 Å². The molecule has 3 rings (SSSR count). The molecule has 1 saturated heterocycles. The van der Waals surface area contributed by atoms with E-state index in [1.807, 2.05) is 30.3 Å². The van der Waals surface area contributed by atoms with E-state index in [0.717, 1.165) is 5.56 Å². The van der Waals surface area contributed by atoms with Crippen LogP contribution in [0, 0.1) is 0 Å². The standard InChI is InChI=1S/C19H20N4O4/c24-18(25)12-27-17-9-5-4-8-14(17)11-20-23-19(26)16-10-15(21-22-16)13-6-2-1-3-7-13/h1-9,11,15-16,21-22H,10,12H2,(H,23,26)(H,24,25)/b20-11+. The van der Waals surface area contributed by atoms with Crippen LogP contribution >= 0.6 is 0 Å². The number of aliphatic carboxylic acids is 1. The van der Waals surface area contributed by atoms with Crippen LogP contribution in [0.3, 0.4) is 0 Å². The van der Waals surface area contributed by atoms with Gasteiger partial charge in [0.2, 0.25) is 0 Å². The maximum Gasteiger partial charge on any atom is 0.341 e. The van der Waals surface area contributed by atoms with E-state index < -0.39 is 18.6 Å². The maximum absolute atomic E-state index is 12.3. The highest BCUT2D eigenvalue weighted by molar-refractivity contribution is 5.87. The minimum absolute atomic E-state index is 0.0519. The van der Waals surface area contributed by atoms with Crippen LogP contribution in [0.2, 0.25) is 0 Å². The number of nitrogens with one attached hydrogen (secondary N) is 3. The van der Waals surface area contributed by atoms with Crippen LogP contribution in [0.25, 0.3) is 0 Å². The highest BCUT2D eigenvalue weighted by Gasteiger charge is 2.29. The molecule has 4 N–H and O–H groups in total. The van der Waals surface area contributed by atoms with Crippen molar-refractivity contribution >= 4 is 18.1 Å². The molecule has 1 heterocycles. The Morgan fingerprint density at radius 1 is 1.15 bits per heavy atom. The van der Waals surface area contributed by atoms with Gasteiger partial charge in [-0.1, -0.05) is 42.5 Å². The normalized spacial score (nSPS) is 19.1. The lowest BCUT2D eigenvalue weighted by Crippen LogP contribution is -2.41. The van der Waals surface area contributed by atoms with Crippen molar-refractivity contribution in [2.75, 3.05) is 6.61 Å². The number of benzene rings is 2. The molecule has 0 saturated carbocycles. The zero-order valence-electron chi connectivity index (χ0n) is 14.5. The van der Waals surface area contributed by atoms with E-state index in [0.29, 0.717) is 17.7 Å². The number of hydrogen-bond donors (Lipinski definition) is 4. The minimum Gasteiger partial charge on any atom is -0.481 e. The fraction of sp³-hybridized carbons (Fsp3) is 0.211. The number of carboxylic acids is 1. The molecule has 1 fully saturated rings. The van der Waals surface area contributed by atoms with E-state index in [2.05, 4.69) is 21.4 Å². The summed E-state index contributed by atoms with van der Waals surface area (Å²) in [5, 5.41) is 12.7. The third-order valence-corrected chi connectivity index (χ3v) is 4.07. The molecular weight excluding hydrogens is 348 g/mol. The van der Waals surface area contributed by atoms with Gasteiger partial charge in [0.15, 0.2) is 6.61 Å². The van der Waals surface area contributed by atoms with Crippen molar-refractivity contribution in [3.63, 3.8) is 0 Å². The molecule has 2 unspecified atom stereocenters. The summed E-state index contributed by atoms with van der Waals surface area (Å²) in [6.07, 6.45) is 2.02. The topological polar surface area (TPSA) is 112 Å². The van der Waals surface area contributed by atoms with E-state index in [-0.39, 0.29) is 11.9 Å². The van der Waals surface area contributed by atoms with E-state index in [1.165, 1.54) is 6.21 Å². The first-order valence-electron chi connectivity index (χ1n) is 8.46. The van der Waals surface area contributed by atoms with E-state index in [1.54, 1.807) is 24.3 Å². The predicted molar refractivity (Wildman–Crippen MR) is 99.2 cm³/mol. The number of hydrogen-bond acceptors (Lipinski definition) is 6. The molecule has 0 bridgehead atoms. The van der Waals surface area contributed by atoms with Crippen LogP contribution in [0.5, 0.6) is 5.75 Å². The Bertz CT molecular complexity index is 825. The van der Waals surface area contributed by atoms with Gasteiger partial charge in [0, 0.05) is 11.6 Å². The second-order valence-corrected chi connectivity index (χ2v) is 5.99. The largest absolute Gasteiger partial charge is 0.481 e. The zero-order chi connectivity index (χ0) is 19.1. The molecule has 1 aliphatic heterocycles. The summed E-state index contributed by atoms with van der Waals surface area (Å²) < 4.78 is 5.19. The van der Waals surface area contributed by atoms with Gasteiger partial charge in [0.1, 0.15) is 11.8 Å². The smallest absolute Gasteiger partial charge is 0.341 e. The molecule has 140 valence electrons. The molecule has 0 spiro atoms. The van der Waals surface area contributed by atoms with Gasteiger partial charge in [-0.25, -0.2) is 21.1 Å². The molecule has 0 aliphatic carbocycles. The lowest BCUT2D eigenvalue weighted by molar-refractivity contribution is -0.139. The number of rotatable bonds is 7. The van der Waals surface area contributed by atoms with Crippen LogP contribution in [-0.4, -0.2) is 35.8 Å². The second-order valence-electron chi connectivity index (χ2n) is 5.99. The van der Waals surface area contributed by atoms with Gasteiger partial charge in [-0.3, -0.25) is 4.79 Å². The molecule has 2 aromatic rings. The van der Waals surface area contributed by atoms with Crippen molar-refractivity contribution in [3.8, 4) is 5.75 Å². The summed E-state index contributed by atoms with van der Waals surface area (Å²) >= 11 is 0. The van der Waals surface area contributed by atoms with Crippen molar-refractivity contribution < 1.29 is 19.4 Å². The Morgan fingerprint density at radius 3 is 2.67 bits per heavy atom. The maximum atomic E-state index is 12.3. The van der Waals surface area contributed by atoms with Gasteiger partial charge < -0.3 is 9.84 Å². The van der Waals surface area contributed by atoms with Gasteiger partial charge in [-0.15, -0.1) is 0 Å². The average molecular weight is 368 g/mol. The number of ether oxygens (including phenoxy) is 1. The van der Waals surface area contributed by atoms with Crippen molar-refractivity contribution in [2.24, 2.45) is 5.10 Å². The summed E-state index contributed by atoms with van der Waals surface area (Å²) in [5.41, 5.74) is 10.2. The molecule has 0 aromatic heterocycles. The molecule has 1 amide bonds. The van der Waals surface area contributed by atoms with Gasteiger partial charge in [-0.2, -0.15) is 5.10 Å². The van der Waals surface area contributed by atoms with Crippen molar-refractivity contribution in [1.29, 1.82) is 0 Å². The first kappa shape index (κ1) is 18.6. The van der Waals surface area contributed by atoms with E-state index >= 15 is 0 Å². The predicted octanol–water partition coefficient (Wildman–Crippen LogP) is 1.21. The molecule has 8 heteroatoms. The summed E-state index contributed by atoms with van der Waals surface area (Å²) in [4.78, 5) is 22.9. The minimum atomic E-state index is -1.07. The van der Waals surface area contributed by atoms with Crippen molar-refractivity contribution in [3.05, 3.63) is 65.7 Å². The van der Waals surface area contributed by atoms with E-state index in [9.17, 15) is 9.59 Å². The summed E-state index contributed by atoms with van der Waals surface area (Å²) in [5.74, 6) is -0.952. The first-order valence-corrected chi connectivity index (χ1v) is 8.46. The average Bonchev–Trinajstić information content (AvgIpc) is 3.18. The number of hydrazone groups is 1.